The van der Waals surface area contributed by atoms with Crippen LogP contribution in [0.25, 0.3) is 0 Å². The van der Waals surface area contributed by atoms with E-state index in [0.29, 0.717) is 0 Å². The molecule has 5 unspecified atom stereocenters. The van der Waals surface area contributed by atoms with Gasteiger partial charge in [0.15, 0.2) is 0 Å². The molecular weight excluding hydrogens is 304 g/mol. The zero-order valence-corrected chi connectivity index (χ0v) is 15.8. The molecule has 6 atom stereocenters. The van der Waals surface area contributed by atoms with Gasteiger partial charge in [0.05, 0.1) is 11.3 Å². The first-order valence-electron chi connectivity index (χ1n) is 9.34. The summed E-state index contributed by atoms with van der Waals surface area (Å²) in [5, 5.41) is 0. The normalized spacial score (nSPS) is 47.7. The fourth-order valence-electron chi connectivity index (χ4n) is 6.00. The van der Waals surface area contributed by atoms with Crippen LogP contribution >= 0.6 is 0 Å². The number of carbonyl (C=O) groups excluding carboxylic acids is 2. The summed E-state index contributed by atoms with van der Waals surface area (Å²) in [4.78, 5) is 25.3. The van der Waals surface area contributed by atoms with E-state index in [1.807, 2.05) is 6.92 Å². The fraction of sp³-hybridized carbons (Fsp3) is 0.900. The Morgan fingerprint density at radius 1 is 1.25 bits per heavy atom. The van der Waals surface area contributed by atoms with Crippen LogP contribution in [0.15, 0.2) is 0 Å². The van der Waals surface area contributed by atoms with E-state index in [2.05, 4.69) is 34.6 Å². The van der Waals surface area contributed by atoms with E-state index in [9.17, 15) is 9.59 Å². The van der Waals surface area contributed by atoms with Gasteiger partial charge in [-0.2, -0.15) is 0 Å². The van der Waals surface area contributed by atoms with Gasteiger partial charge < -0.3 is 9.47 Å². The summed E-state index contributed by atoms with van der Waals surface area (Å²) in [5.74, 6) is 0.417. The lowest BCUT2D eigenvalue weighted by Gasteiger charge is -2.38. The van der Waals surface area contributed by atoms with Crippen molar-refractivity contribution in [3.8, 4) is 0 Å². The molecule has 4 fully saturated rings. The summed E-state index contributed by atoms with van der Waals surface area (Å²) in [5.41, 5.74) is -0.959. The molecule has 1 heterocycles. The van der Waals surface area contributed by atoms with Crippen molar-refractivity contribution in [2.45, 2.75) is 78.9 Å². The molecule has 0 amide bonds. The standard InChI is InChI=1S/C20H30O4/c1-17(2,3)9-20(10-18(20,4)5)16(22)24-19(6)11-7-12-13(8-11)15(21)23-14(12)19/h11-14H,7-10H2,1-6H3/t11?,12?,13?,14?,19?,20-/m0/s1. The molecule has 134 valence electrons. The second-order valence-electron chi connectivity index (χ2n) is 10.7. The lowest BCUT2D eigenvalue weighted by Crippen LogP contribution is -2.49. The monoisotopic (exact) mass is 334 g/mol. The molecule has 3 aliphatic carbocycles. The second-order valence-corrected chi connectivity index (χ2v) is 10.7. The van der Waals surface area contributed by atoms with Crippen molar-refractivity contribution >= 4 is 11.9 Å². The third-order valence-electron chi connectivity index (χ3n) is 7.37. The van der Waals surface area contributed by atoms with Crippen LogP contribution in [0.5, 0.6) is 0 Å². The van der Waals surface area contributed by atoms with Crippen molar-refractivity contribution in [2.75, 3.05) is 0 Å². The van der Waals surface area contributed by atoms with E-state index in [0.717, 1.165) is 25.7 Å². The van der Waals surface area contributed by atoms with Crippen LogP contribution in [0.3, 0.4) is 0 Å². The van der Waals surface area contributed by atoms with Crippen LogP contribution < -0.4 is 0 Å². The highest BCUT2D eigenvalue weighted by molar-refractivity contribution is 5.83. The maximum absolute atomic E-state index is 13.3. The second kappa shape index (κ2) is 4.37. The number of fused-ring (bicyclic) bond motifs is 1. The van der Waals surface area contributed by atoms with Gasteiger partial charge >= 0.3 is 11.9 Å². The Bertz CT molecular complexity index is 616. The van der Waals surface area contributed by atoms with Gasteiger partial charge in [-0.15, -0.1) is 0 Å². The van der Waals surface area contributed by atoms with E-state index in [-0.39, 0.29) is 46.6 Å². The van der Waals surface area contributed by atoms with Crippen LogP contribution in [0.1, 0.15) is 67.2 Å². The topological polar surface area (TPSA) is 52.6 Å². The lowest BCUT2D eigenvalue weighted by molar-refractivity contribution is -0.187. The highest BCUT2D eigenvalue weighted by Crippen LogP contribution is 2.69. The summed E-state index contributed by atoms with van der Waals surface area (Å²) in [6.07, 6.45) is 3.27. The Balaban J connectivity index is 1.57. The first-order chi connectivity index (χ1) is 10.9. The van der Waals surface area contributed by atoms with E-state index in [1.165, 1.54) is 0 Å². The van der Waals surface area contributed by atoms with Gasteiger partial charge in [0, 0.05) is 11.8 Å². The molecule has 4 rings (SSSR count). The number of hydrogen-bond acceptors (Lipinski definition) is 4. The number of esters is 2. The zero-order chi connectivity index (χ0) is 17.7. The van der Waals surface area contributed by atoms with E-state index in [1.54, 1.807) is 0 Å². The molecule has 4 heteroatoms. The average molecular weight is 334 g/mol. The molecule has 4 nitrogen and oxygen atoms in total. The van der Waals surface area contributed by atoms with Crippen LogP contribution in [0.2, 0.25) is 0 Å². The lowest BCUT2D eigenvalue weighted by atomic mass is 9.77. The van der Waals surface area contributed by atoms with Gasteiger partial charge in [-0.1, -0.05) is 34.6 Å². The molecule has 0 N–H and O–H groups in total. The average Bonchev–Trinajstić information content (AvgIpc) is 2.78. The molecule has 0 radical (unpaired) electrons. The SMILES string of the molecule is CC(C)(C)C[C@@]1(C(=O)OC2(C)C3CC4C(=O)OC2C4C3)CC1(C)C. The van der Waals surface area contributed by atoms with Gasteiger partial charge in [0.25, 0.3) is 0 Å². The minimum absolute atomic E-state index is 0.0137. The van der Waals surface area contributed by atoms with E-state index < -0.39 is 11.0 Å². The maximum Gasteiger partial charge on any atom is 0.313 e. The van der Waals surface area contributed by atoms with Crippen molar-refractivity contribution in [2.24, 2.45) is 34.0 Å². The molecule has 2 bridgehead atoms. The molecule has 1 saturated heterocycles. The Morgan fingerprint density at radius 3 is 2.42 bits per heavy atom. The van der Waals surface area contributed by atoms with Crippen molar-refractivity contribution in [1.29, 1.82) is 0 Å². The van der Waals surface area contributed by atoms with Crippen LogP contribution in [-0.4, -0.2) is 23.6 Å². The molecule has 3 saturated carbocycles. The summed E-state index contributed by atoms with van der Waals surface area (Å²) in [7, 11) is 0. The molecule has 0 aromatic carbocycles. The third kappa shape index (κ3) is 1.97. The fourth-order valence-corrected chi connectivity index (χ4v) is 6.00. The Kier molecular flexibility index (Phi) is 2.99. The largest absolute Gasteiger partial charge is 0.458 e. The minimum Gasteiger partial charge on any atom is -0.458 e. The molecule has 24 heavy (non-hydrogen) atoms. The number of carbonyl (C=O) groups is 2. The number of ether oxygens (including phenoxy) is 2. The molecule has 0 spiro atoms. The Morgan fingerprint density at radius 2 is 1.88 bits per heavy atom. The number of hydrogen-bond donors (Lipinski definition) is 0. The van der Waals surface area contributed by atoms with E-state index in [4.69, 9.17) is 9.47 Å². The van der Waals surface area contributed by atoms with Gasteiger partial charge in [0.2, 0.25) is 0 Å². The number of rotatable bonds is 3. The van der Waals surface area contributed by atoms with Gasteiger partial charge in [-0.25, -0.2) is 0 Å². The van der Waals surface area contributed by atoms with Crippen molar-refractivity contribution in [3.63, 3.8) is 0 Å². The summed E-state index contributed by atoms with van der Waals surface area (Å²) in [6, 6.07) is 0. The Hall–Kier alpha value is -1.06. The maximum atomic E-state index is 13.3. The summed E-state index contributed by atoms with van der Waals surface area (Å²) < 4.78 is 11.8. The van der Waals surface area contributed by atoms with Gasteiger partial charge in [0.1, 0.15) is 11.7 Å². The third-order valence-corrected chi connectivity index (χ3v) is 7.37. The summed E-state index contributed by atoms with van der Waals surface area (Å²) >= 11 is 0. The predicted molar refractivity (Wildman–Crippen MR) is 89.0 cm³/mol. The first-order valence-corrected chi connectivity index (χ1v) is 9.34. The van der Waals surface area contributed by atoms with Crippen molar-refractivity contribution in [3.05, 3.63) is 0 Å². The van der Waals surface area contributed by atoms with E-state index >= 15 is 0 Å². The summed E-state index contributed by atoms with van der Waals surface area (Å²) in [6.45, 7) is 12.9. The quantitative estimate of drug-likeness (QED) is 0.738. The molecule has 0 aromatic rings. The van der Waals surface area contributed by atoms with Crippen molar-refractivity contribution in [1.82, 2.24) is 0 Å². The van der Waals surface area contributed by atoms with Gasteiger partial charge in [-0.05, 0) is 43.4 Å². The zero-order valence-electron chi connectivity index (χ0n) is 15.8. The van der Waals surface area contributed by atoms with Gasteiger partial charge in [-0.3, -0.25) is 9.59 Å². The predicted octanol–water partition coefficient (Wildman–Crippen LogP) is 3.72. The smallest absolute Gasteiger partial charge is 0.313 e. The van der Waals surface area contributed by atoms with Crippen LogP contribution in [-0.2, 0) is 19.1 Å². The van der Waals surface area contributed by atoms with Crippen LogP contribution in [0.4, 0.5) is 0 Å². The Labute approximate surface area is 144 Å². The highest BCUT2D eigenvalue weighted by Gasteiger charge is 2.73. The minimum atomic E-state index is -0.631. The molecule has 4 aliphatic rings. The van der Waals surface area contributed by atoms with Crippen LogP contribution in [0, 0.1) is 34.0 Å². The van der Waals surface area contributed by atoms with Crippen molar-refractivity contribution < 1.29 is 19.1 Å². The first kappa shape index (κ1) is 16.4. The molecule has 1 aliphatic heterocycles. The molecule has 0 aromatic heterocycles. The molecular formula is C20H30O4. The highest BCUT2D eigenvalue weighted by atomic mass is 16.6.